The first-order chi connectivity index (χ1) is 9.77. The summed E-state index contributed by atoms with van der Waals surface area (Å²) >= 11 is 4.85. The highest BCUT2D eigenvalue weighted by Gasteiger charge is 2.18. The number of anilines is 1. The fraction of sp³-hybridized carbons (Fsp3) is 0.357. The van der Waals surface area contributed by atoms with Crippen LogP contribution in [0.15, 0.2) is 28.1 Å². The summed E-state index contributed by atoms with van der Waals surface area (Å²) in [5.41, 5.74) is 1.46. The molecule has 0 spiro atoms. The molecule has 1 N–H and O–H groups in total. The molecular formula is C14H16BrN3O2S. The van der Waals surface area contributed by atoms with Crippen LogP contribution in [0.1, 0.15) is 31.5 Å². The lowest BCUT2D eigenvalue weighted by molar-refractivity contribution is -0.384. The Kier molecular flexibility index (Phi) is 4.63. The Morgan fingerprint density at radius 3 is 2.71 bits per heavy atom. The zero-order chi connectivity index (χ0) is 15.6. The van der Waals surface area contributed by atoms with Gasteiger partial charge >= 0.3 is 0 Å². The van der Waals surface area contributed by atoms with Gasteiger partial charge in [-0.2, -0.15) is 0 Å². The lowest BCUT2D eigenvalue weighted by Gasteiger charge is -2.13. The van der Waals surface area contributed by atoms with Gasteiger partial charge in [0.1, 0.15) is 5.69 Å². The van der Waals surface area contributed by atoms with Crippen LogP contribution in [0.5, 0.6) is 0 Å². The fourth-order valence-corrected chi connectivity index (χ4v) is 2.98. The molecule has 21 heavy (non-hydrogen) atoms. The largest absolute Gasteiger partial charge is 0.374 e. The van der Waals surface area contributed by atoms with Crippen LogP contribution in [0.2, 0.25) is 0 Å². The minimum absolute atomic E-state index is 0.0204. The minimum Gasteiger partial charge on any atom is -0.374 e. The lowest BCUT2D eigenvalue weighted by atomic mass is 9.98. The zero-order valence-electron chi connectivity index (χ0n) is 12.0. The number of halogens is 1. The standard InChI is InChI=1S/C14H16BrN3O2S/c1-14(2,3)13-17-10(8-21-13)7-16-11-5-4-9(15)6-12(11)18(19)20/h4-6,8,16H,7H2,1-3H3. The van der Waals surface area contributed by atoms with Crippen LogP contribution in [0.4, 0.5) is 11.4 Å². The van der Waals surface area contributed by atoms with E-state index in [1.807, 2.05) is 5.38 Å². The molecule has 0 unspecified atom stereocenters. The second-order valence-corrected chi connectivity index (χ2v) is 7.44. The number of benzene rings is 1. The minimum atomic E-state index is -0.394. The Morgan fingerprint density at radius 1 is 1.43 bits per heavy atom. The van der Waals surface area contributed by atoms with E-state index in [-0.39, 0.29) is 11.1 Å². The van der Waals surface area contributed by atoms with E-state index in [4.69, 9.17) is 0 Å². The summed E-state index contributed by atoms with van der Waals surface area (Å²) in [4.78, 5) is 15.2. The van der Waals surface area contributed by atoms with Crippen molar-refractivity contribution < 1.29 is 4.92 Å². The molecule has 0 radical (unpaired) electrons. The van der Waals surface area contributed by atoms with Crippen LogP contribution < -0.4 is 5.32 Å². The van der Waals surface area contributed by atoms with Gasteiger partial charge in [-0.05, 0) is 12.1 Å². The molecule has 7 heteroatoms. The van der Waals surface area contributed by atoms with Crippen molar-refractivity contribution >= 4 is 38.6 Å². The fourth-order valence-electron chi connectivity index (χ4n) is 1.72. The highest BCUT2D eigenvalue weighted by molar-refractivity contribution is 9.10. The Morgan fingerprint density at radius 2 is 2.14 bits per heavy atom. The second-order valence-electron chi connectivity index (χ2n) is 5.67. The van der Waals surface area contributed by atoms with E-state index < -0.39 is 4.92 Å². The average Bonchev–Trinajstić information content (AvgIpc) is 2.85. The summed E-state index contributed by atoms with van der Waals surface area (Å²) in [5, 5.41) is 17.2. The van der Waals surface area contributed by atoms with Gasteiger partial charge in [-0.3, -0.25) is 10.1 Å². The van der Waals surface area contributed by atoms with Crippen LogP contribution in [0.25, 0.3) is 0 Å². The normalized spacial score (nSPS) is 11.4. The maximum Gasteiger partial charge on any atom is 0.293 e. The first-order valence-electron chi connectivity index (χ1n) is 6.40. The summed E-state index contributed by atoms with van der Waals surface area (Å²) in [6.45, 7) is 6.81. The molecule has 2 aromatic rings. The molecule has 0 aliphatic heterocycles. The molecule has 0 aliphatic rings. The molecule has 0 atom stereocenters. The van der Waals surface area contributed by atoms with E-state index in [1.54, 1.807) is 23.5 Å². The van der Waals surface area contributed by atoms with Crippen molar-refractivity contribution in [2.45, 2.75) is 32.7 Å². The van der Waals surface area contributed by atoms with E-state index >= 15 is 0 Å². The molecule has 0 fully saturated rings. The van der Waals surface area contributed by atoms with Gasteiger partial charge in [0.05, 0.1) is 22.2 Å². The van der Waals surface area contributed by atoms with Gasteiger partial charge < -0.3 is 5.32 Å². The van der Waals surface area contributed by atoms with E-state index in [0.29, 0.717) is 16.7 Å². The molecule has 0 saturated carbocycles. The van der Waals surface area contributed by atoms with Gasteiger partial charge in [-0.25, -0.2) is 4.98 Å². The molecule has 5 nitrogen and oxygen atoms in total. The summed E-state index contributed by atoms with van der Waals surface area (Å²) in [6, 6.07) is 4.96. The Balaban J connectivity index is 2.13. The predicted octanol–water partition coefficient (Wildman–Crippen LogP) is 4.72. The molecule has 2 rings (SSSR count). The second kappa shape index (κ2) is 6.11. The molecule has 112 valence electrons. The van der Waals surface area contributed by atoms with Gasteiger partial charge in [0, 0.05) is 21.3 Å². The highest BCUT2D eigenvalue weighted by Crippen LogP contribution is 2.29. The molecule has 1 aromatic carbocycles. The topological polar surface area (TPSA) is 68.1 Å². The molecule has 1 aromatic heterocycles. The van der Waals surface area contributed by atoms with E-state index in [9.17, 15) is 10.1 Å². The van der Waals surface area contributed by atoms with Crippen molar-refractivity contribution in [1.82, 2.24) is 4.98 Å². The zero-order valence-corrected chi connectivity index (χ0v) is 14.4. The molecule has 1 heterocycles. The number of nitrogens with one attached hydrogen (secondary N) is 1. The number of nitro benzene ring substituents is 1. The molecule has 0 amide bonds. The summed E-state index contributed by atoms with van der Waals surface area (Å²) in [5.74, 6) is 0. The van der Waals surface area contributed by atoms with Gasteiger partial charge in [0.2, 0.25) is 0 Å². The third-order valence-electron chi connectivity index (χ3n) is 2.81. The predicted molar refractivity (Wildman–Crippen MR) is 88.9 cm³/mol. The number of nitrogens with zero attached hydrogens (tertiary/aromatic N) is 2. The van der Waals surface area contributed by atoms with Crippen molar-refractivity contribution in [1.29, 1.82) is 0 Å². The summed E-state index contributed by atoms with van der Waals surface area (Å²) in [7, 11) is 0. The number of aromatic nitrogens is 1. The molecular weight excluding hydrogens is 354 g/mol. The van der Waals surface area contributed by atoms with Crippen molar-refractivity contribution in [2.75, 3.05) is 5.32 Å². The van der Waals surface area contributed by atoms with Gasteiger partial charge in [0.15, 0.2) is 0 Å². The van der Waals surface area contributed by atoms with Crippen LogP contribution in [0, 0.1) is 10.1 Å². The monoisotopic (exact) mass is 369 g/mol. The van der Waals surface area contributed by atoms with Crippen molar-refractivity contribution in [3.05, 3.63) is 48.9 Å². The van der Waals surface area contributed by atoms with E-state index in [0.717, 1.165) is 10.7 Å². The van der Waals surface area contributed by atoms with Crippen molar-refractivity contribution in [3.63, 3.8) is 0 Å². The van der Waals surface area contributed by atoms with Crippen LogP contribution >= 0.6 is 27.3 Å². The molecule has 0 aliphatic carbocycles. The quantitative estimate of drug-likeness (QED) is 0.624. The number of nitro groups is 1. The lowest BCUT2D eigenvalue weighted by Crippen LogP contribution is -2.11. The SMILES string of the molecule is CC(C)(C)c1nc(CNc2ccc(Br)cc2[N+](=O)[O-])cs1. The summed E-state index contributed by atoms with van der Waals surface area (Å²) in [6.07, 6.45) is 0. The Bertz CT molecular complexity index is 664. The number of rotatable bonds is 4. The third kappa shape index (κ3) is 4.01. The number of hydrogen-bond donors (Lipinski definition) is 1. The molecule has 0 saturated heterocycles. The molecule has 0 bridgehead atoms. The van der Waals surface area contributed by atoms with Crippen LogP contribution in [0.3, 0.4) is 0 Å². The van der Waals surface area contributed by atoms with Crippen molar-refractivity contribution in [3.8, 4) is 0 Å². The van der Waals surface area contributed by atoms with Gasteiger partial charge in [0.25, 0.3) is 5.69 Å². The van der Waals surface area contributed by atoms with E-state index in [2.05, 4.69) is 47.0 Å². The smallest absolute Gasteiger partial charge is 0.293 e. The van der Waals surface area contributed by atoms with Gasteiger partial charge in [-0.15, -0.1) is 11.3 Å². The first-order valence-corrected chi connectivity index (χ1v) is 8.07. The van der Waals surface area contributed by atoms with E-state index in [1.165, 1.54) is 6.07 Å². The van der Waals surface area contributed by atoms with Crippen molar-refractivity contribution in [2.24, 2.45) is 0 Å². The van der Waals surface area contributed by atoms with Crippen LogP contribution in [-0.4, -0.2) is 9.91 Å². The first kappa shape index (κ1) is 15.9. The maximum atomic E-state index is 11.1. The Labute approximate surface area is 135 Å². The summed E-state index contributed by atoms with van der Waals surface area (Å²) < 4.78 is 0.684. The highest BCUT2D eigenvalue weighted by atomic mass is 79.9. The van der Waals surface area contributed by atoms with Gasteiger partial charge in [-0.1, -0.05) is 36.7 Å². The number of hydrogen-bond acceptors (Lipinski definition) is 5. The number of thiazole rings is 1. The third-order valence-corrected chi connectivity index (χ3v) is 4.62. The Hall–Kier alpha value is -1.47. The maximum absolute atomic E-state index is 11.1. The van der Waals surface area contributed by atoms with Crippen LogP contribution in [-0.2, 0) is 12.0 Å². The average molecular weight is 370 g/mol.